The van der Waals surface area contributed by atoms with Crippen LogP contribution in [0, 0.1) is 0 Å². The highest BCUT2D eigenvalue weighted by Crippen LogP contribution is 2.35. The van der Waals surface area contributed by atoms with E-state index in [0.29, 0.717) is 5.92 Å². The second-order valence-corrected chi connectivity index (χ2v) is 7.91. The molecule has 0 fully saturated rings. The van der Waals surface area contributed by atoms with Crippen molar-refractivity contribution in [2.45, 2.75) is 19.8 Å². The van der Waals surface area contributed by atoms with E-state index in [1.165, 1.54) is 21.5 Å². The maximum Gasteiger partial charge on any atom is -0.0116 e. The maximum atomic E-state index is 2.31. The fourth-order valence-electron chi connectivity index (χ4n) is 2.76. The van der Waals surface area contributed by atoms with E-state index >= 15 is 0 Å². The van der Waals surface area contributed by atoms with Crippen LogP contribution in [0.3, 0.4) is 0 Å². The molecular formula is C21H21P. The Hall–Kier alpha value is -1.91. The van der Waals surface area contributed by atoms with E-state index in [1.807, 2.05) is 0 Å². The topological polar surface area (TPSA) is 0 Å². The minimum absolute atomic E-state index is 0.499. The second kappa shape index (κ2) is 6.90. The summed E-state index contributed by atoms with van der Waals surface area (Å²) in [7, 11) is -0.499. The second-order valence-electron chi connectivity index (χ2n) is 5.72. The highest BCUT2D eigenvalue weighted by molar-refractivity contribution is 7.79. The van der Waals surface area contributed by atoms with Gasteiger partial charge in [0, 0.05) is 0 Å². The minimum atomic E-state index is -0.499. The quantitative estimate of drug-likeness (QED) is 0.619. The molecular weight excluding hydrogens is 283 g/mol. The summed E-state index contributed by atoms with van der Waals surface area (Å²) in [5.41, 5.74) is 1.46. The zero-order valence-electron chi connectivity index (χ0n) is 13.1. The van der Waals surface area contributed by atoms with Crippen molar-refractivity contribution >= 4 is 23.8 Å². The smallest absolute Gasteiger partial charge is 0.0116 e. The lowest BCUT2D eigenvalue weighted by molar-refractivity contribution is 0.874. The summed E-state index contributed by atoms with van der Waals surface area (Å²) in [5.74, 6) is 0.536. The summed E-state index contributed by atoms with van der Waals surface area (Å²) in [6.07, 6.45) is 0. The molecule has 0 bridgehead atoms. The van der Waals surface area contributed by atoms with Crippen molar-refractivity contribution in [1.82, 2.24) is 0 Å². The molecule has 22 heavy (non-hydrogen) atoms. The molecule has 3 aromatic rings. The average Bonchev–Trinajstić information content (AvgIpc) is 2.57. The Balaban J connectivity index is 2.19. The van der Waals surface area contributed by atoms with E-state index < -0.39 is 7.92 Å². The number of rotatable bonds is 4. The van der Waals surface area contributed by atoms with E-state index in [0.717, 1.165) is 0 Å². The van der Waals surface area contributed by atoms with Gasteiger partial charge in [-0.2, -0.15) is 0 Å². The predicted octanol–water partition coefficient (Wildman–Crippen LogP) is 4.57. The van der Waals surface area contributed by atoms with Gasteiger partial charge < -0.3 is 0 Å². The molecule has 0 aliphatic heterocycles. The van der Waals surface area contributed by atoms with Gasteiger partial charge in [-0.25, -0.2) is 0 Å². The molecule has 0 atom stereocenters. The number of hydrogen-bond donors (Lipinski definition) is 0. The van der Waals surface area contributed by atoms with Crippen LogP contribution in [0.1, 0.15) is 25.3 Å². The molecule has 1 heteroatoms. The summed E-state index contributed by atoms with van der Waals surface area (Å²) in [6.45, 7) is 4.56. The van der Waals surface area contributed by atoms with Gasteiger partial charge in [-0.05, 0) is 35.3 Å². The van der Waals surface area contributed by atoms with Crippen molar-refractivity contribution in [3.05, 3.63) is 90.5 Å². The Morgan fingerprint density at radius 2 is 1.05 bits per heavy atom. The number of benzene rings is 3. The van der Waals surface area contributed by atoms with Gasteiger partial charge in [-0.15, -0.1) is 0 Å². The third-order valence-corrected chi connectivity index (χ3v) is 6.35. The van der Waals surface area contributed by atoms with E-state index in [9.17, 15) is 0 Å². The van der Waals surface area contributed by atoms with Crippen LogP contribution in [0.15, 0.2) is 84.9 Å². The molecule has 0 spiro atoms. The summed E-state index contributed by atoms with van der Waals surface area (Å²) in [6, 6.07) is 30.7. The Labute approximate surface area is 134 Å². The van der Waals surface area contributed by atoms with Crippen LogP contribution in [-0.2, 0) is 0 Å². The van der Waals surface area contributed by atoms with Crippen LogP contribution >= 0.6 is 7.92 Å². The first-order chi connectivity index (χ1) is 10.8. The van der Waals surface area contributed by atoms with Crippen LogP contribution in [0.5, 0.6) is 0 Å². The monoisotopic (exact) mass is 304 g/mol. The van der Waals surface area contributed by atoms with Gasteiger partial charge in [0.25, 0.3) is 0 Å². The van der Waals surface area contributed by atoms with Gasteiger partial charge in [-0.3, -0.25) is 0 Å². The fraction of sp³-hybridized carbons (Fsp3) is 0.143. The summed E-state index contributed by atoms with van der Waals surface area (Å²) in [4.78, 5) is 0. The molecule has 0 radical (unpaired) electrons. The molecule has 0 saturated carbocycles. The lowest BCUT2D eigenvalue weighted by Crippen LogP contribution is -2.23. The Kier molecular flexibility index (Phi) is 4.71. The maximum absolute atomic E-state index is 2.31. The summed E-state index contributed by atoms with van der Waals surface area (Å²) in [5, 5.41) is 4.30. The molecule has 0 aliphatic rings. The molecule has 110 valence electrons. The normalized spacial score (nSPS) is 11.1. The van der Waals surface area contributed by atoms with E-state index in [4.69, 9.17) is 0 Å². The van der Waals surface area contributed by atoms with E-state index in [2.05, 4.69) is 98.8 Å². The highest BCUT2D eigenvalue weighted by atomic mass is 31.1. The fourth-order valence-corrected chi connectivity index (χ4v) is 5.38. The first kappa shape index (κ1) is 15.0. The molecule has 3 aromatic carbocycles. The van der Waals surface area contributed by atoms with Gasteiger partial charge in [0.05, 0.1) is 0 Å². The van der Waals surface area contributed by atoms with Gasteiger partial charge >= 0.3 is 0 Å². The predicted molar refractivity (Wildman–Crippen MR) is 99.2 cm³/mol. The number of hydrogen-bond acceptors (Lipinski definition) is 0. The van der Waals surface area contributed by atoms with Gasteiger partial charge in [0.2, 0.25) is 0 Å². The lowest BCUT2D eigenvalue weighted by atomic mass is 10.0. The van der Waals surface area contributed by atoms with Gasteiger partial charge in [-0.1, -0.05) is 98.8 Å². The zero-order valence-corrected chi connectivity index (χ0v) is 14.0. The van der Waals surface area contributed by atoms with Crippen molar-refractivity contribution in [3.8, 4) is 0 Å². The van der Waals surface area contributed by atoms with Crippen molar-refractivity contribution in [2.75, 3.05) is 0 Å². The van der Waals surface area contributed by atoms with Crippen molar-refractivity contribution < 1.29 is 0 Å². The van der Waals surface area contributed by atoms with Crippen LogP contribution in [0.4, 0.5) is 0 Å². The summed E-state index contributed by atoms with van der Waals surface area (Å²) < 4.78 is 0. The average molecular weight is 304 g/mol. The summed E-state index contributed by atoms with van der Waals surface area (Å²) >= 11 is 0. The molecule has 0 aromatic heterocycles. The molecule has 0 amide bonds. The van der Waals surface area contributed by atoms with Crippen LogP contribution in [-0.4, -0.2) is 0 Å². The van der Waals surface area contributed by atoms with Crippen molar-refractivity contribution in [3.63, 3.8) is 0 Å². The van der Waals surface area contributed by atoms with Crippen LogP contribution < -0.4 is 15.9 Å². The van der Waals surface area contributed by atoms with Gasteiger partial charge in [0.1, 0.15) is 0 Å². The lowest BCUT2D eigenvalue weighted by Gasteiger charge is -2.23. The Morgan fingerprint density at radius 1 is 0.591 bits per heavy atom. The molecule has 0 nitrogen and oxygen atoms in total. The van der Waals surface area contributed by atoms with Crippen molar-refractivity contribution in [1.29, 1.82) is 0 Å². The Bertz CT molecular complexity index is 678. The van der Waals surface area contributed by atoms with Crippen molar-refractivity contribution in [2.24, 2.45) is 0 Å². The SMILES string of the molecule is CC(C)c1ccccc1P(c1ccccc1)c1ccccc1. The first-order valence-corrected chi connectivity index (χ1v) is 9.10. The van der Waals surface area contributed by atoms with E-state index in [1.54, 1.807) is 0 Å². The highest BCUT2D eigenvalue weighted by Gasteiger charge is 2.19. The molecule has 0 saturated heterocycles. The minimum Gasteiger partial charge on any atom is -0.0622 e. The molecule has 0 heterocycles. The molecule has 0 aliphatic carbocycles. The first-order valence-electron chi connectivity index (χ1n) is 7.76. The van der Waals surface area contributed by atoms with Crippen LogP contribution in [0.2, 0.25) is 0 Å². The molecule has 0 unspecified atom stereocenters. The zero-order chi connectivity index (χ0) is 15.4. The standard InChI is InChI=1S/C21H21P/c1-17(2)20-15-9-10-16-21(20)22(18-11-5-3-6-12-18)19-13-7-4-8-14-19/h3-17H,1-2H3. The molecule has 3 rings (SSSR count). The third kappa shape index (κ3) is 3.13. The third-order valence-electron chi connectivity index (χ3n) is 3.83. The van der Waals surface area contributed by atoms with E-state index in [-0.39, 0.29) is 0 Å². The molecule has 0 N–H and O–H groups in total. The van der Waals surface area contributed by atoms with Crippen LogP contribution in [0.25, 0.3) is 0 Å². The largest absolute Gasteiger partial charge is 0.0622 e. The Morgan fingerprint density at radius 3 is 1.55 bits per heavy atom. The van der Waals surface area contributed by atoms with Gasteiger partial charge in [0.15, 0.2) is 0 Å².